The number of rotatable bonds is 7. The van der Waals surface area contributed by atoms with Gasteiger partial charge in [0.2, 0.25) is 0 Å². The first-order chi connectivity index (χ1) is 10.1. The molecule has 0 radical (unpaired) electrons. The molecule has 1 aromatic carbocycles. The lowest BCUT2D eigenvalue weighted by Crippen LogP contribution is -2.16. The predicted octanol–water partition coefficient (Wildman–Crippen LogP) is 1.33. The Bertz CT molecular complexity index is 683. The Hall–Kier alpha value is -2.06. The summed E-state index contributed by atoms with van der Waals surface area (Å²) in [6.07, 6.45) is 2.86. The molecule has 0 aliphatic carbocycles. The molecule has 0 saturated heterocycles. The molecule has 2 aromatic rings. The summed E-state index contributed by atoms with van der Waals surface area (Å²) in [5.41, 5.74) is 1.24. The zero-order chi connectivity index (χ0) is 15.3. The van der Waals surface area contributed by atoms with Gasteiger partial charge in [0.15, 0.2) is 0 Å². The normalized spacial score (nSPS) is 11.3. The van der Waals surface area contributed by atoms with E-state index in [1.54, 1.807) is 12.1 Å². The van der Waals surface area contributed by atoms with E-state index in [1.165, 1.54) is 19.5 Å². The van der Waals surface area contributed by atoms with Crippen molar-refractivity contribution in [2.75, 3.05) is 18.4 Å². The quantitative estimate of drug-likeness (QED) is 0.717. The summed E-state index contributed by atoms with van der Waals surface area (Å²) in [6, 6.07) is 5.08. The molecule has 0 amide bonds. The number of methoxy groups -OCH3 is 1. The van der Waals surface area contributed by atoms with Crippen LogP contribution in [0.5, 0.6) is 5.75 Å². The highest BCUT2D eigenvalue weighted by molar-refractivity contribution is 7.92. The van der Waals surface area contributed by atoms with E-state index in [9.17, 15) is 8.42 Å². The van der Waals surface area contributed by atoms with Crippen molar-refractivity contribution >= 4 is 15.7 Å². The maximum atomic E-state index is 12.5. The van der Waals surface area contributed by atoms with E-state index in [1.807, 2.05) is 13.0 Å². The number of anilines is 1. The first-order valence-corrected chi connectivity index (χ1v) is 7.94. The van der Waals surface area contributed by atoms with Crippen molar-refractivity contribution in [3.63, 3.8) is 0 Å². The number of aromatic amines is 1. The number of aromatic nitrogens is 2. The average molecular weight is 310 g/mol. The van der Waals surface area contributed by atoms with E-state index < -0.39 is 10.0 Å². The lowest BCUT2D eigenvalue weighted by Gasteiger charge is -2.12. The zero-order valence-corrected chi connectivity index (χ0v) is 12.7. The van der Waals surface area contributed by atoms with Gasteiger partial charge in [-0.15, -0.1) is 0 Å². The molecule has 0 bridgehead atoms. The second-order valence-corrected chi connectivity index (χ2v) is 6.01. The van der Waals surface area contributed by atoms with E-state index in [2.05, 4.69) is 20.2 Å². The van der Waals surface area contributed by atoms with E-state index in [0.29, 0.717) is 18.0 Å². The minimum absolute atomic E-state index is 0.0987. The minimum Gasteiger partial charge on any atom is -0.495 e. The van der Waals surface area contributed by atoms with Crippen LogP contribution in [0.1, 0.15) is 12.5 Å². The van der Waals surface area contributed by atoms with Crippen molar-refractivity contribution in [3.8, 4) is 5.75 Å². The third-order valence-corrected chi connectivity index (χ3v) is 4.25. The number of nitrogens with one attached hydrogen (secondary N) is 3. The van der Waals surface area contributed by atoms with Crippen LogP contribution in [0.4, 0.5) is 5.69 Å². The van der Waals surface area contributed by atoms with Crippen LogP contribution < -0.4 is 14.8 Å². The van der Waals surface area contributed by atoms with E-state index in [0.717, 1.165) is 12.1 Å². The second-order valence-electron chi connectivity index (χ2n) is 4.36. The van der Waals surface area contributed by atoms with E-state index in [-0.39, 0.29) is 4.90 Å². The van der Waals surface area contributed by atoms with Crippen molar-refractivity contribution in [2.24, 2.45) is 0 Å². The molecule has 1 aromatic heterocycles. The molecule has 8 heteroatoms. The summed E-state index contributed by atoms with van der Waals surface area (Å²) in [5, 5.41) is 9.42. The molecule has 0 atom stereocenters. The smallest absolute Gasteiger partial charge is 0.265 e. The molecule has 1 heterocycles. The van der Waals surface area contributed by atoms with Crippen LogP contribution >= 0.6 is 0 Å². The van der Waals surface area contributed by atoms with Gasteiger partial charge in [0.1, 0.15) is 10.6 Å². The summed E-state index contributed by atoms with van der Waals surface area (Å²) in [5.74, 6) is 0.297. The zero-order valence-electron chi connectivity index (χ0n) is 11.9. The van der Waals surface area contributed by atoms with Crippen LogP contribution in [0.25, 0.3) is 0 Å². The summed E-state index contributed by atoms with van der Waals surface area (Å²) in [7, 11) is -2.30. The van der Waals surface area contributed by atoms with Crippen LogP contribution in [-0.2, 0) is 16.6 Å². The maximum Gasteiger partial charge on any atom is 0.265 e. The standard InChI is InChI=1S/C13H18N4O3S/c1-3-14-7-10-4-5-12(20-2)13(6-10)21(18,19)17-11-8-15-16-9-11/h4-6,8-9,14,17H,3,7H2,1-2H3,(H,15,16). The Labute approximate surface area is 123 Å². The van der Waals surface area contributed by atoms with Crippen molar-refractivity contribution in [2.45, 2.75) is 18.4 Å². The summed E-state index contributed by atoms with van der Waals surface area (Å²) in [6.45, 7) is 3.39. The monoisotopic (exact) mass is 310 g/mol. The molecular formula is C13H18N4O3S. The van der Waals surface area contributed by atoms with Gasteiger partial charge in [-0.3, -0.25) is 9.82 Å². The third-order valence-electron chi connectivity index (χ3n) is 2.85. The second kappa shape index (κ2) is 6.59. The van der Waals surface area contributed by atoms with E-state index in [4.69, 9.17) is 4.74 Å². The van der Waals surface area contributed by atoms with Crippen molar-refractivity contribution < 1.29 is 13.2 Å². The van der Waals surface area contributed by atoms with Gasteiger partial charge in [-0.25, -0.2) is 8.42 Å². The fourth-order valence-electron chi connectivity index (χ4n) is 1.83. The highest BCUT2D eigenvalue weighted by atomic mass is 32.2. The predicted molar refractivity (Wildman–Crippen MR) is 79.8 cm³/mol. The van der Waals surface area contributed by atoms with Gasteiger partial charge < -0.3 is 10.1 Å². The number of nitrogens with zero attached hydrogens (tertiary/aromatic N) is 1. The maximum absolute atomic E-state index is 12.5. The number of hydrogen-bond acceptors (Lipinski definition) is 5. The number of sulfonamides is 1. The number of ether oxygens (including phenoxy) is 1. The lowest BCUT2D eigenvalue weighted by atomic mass is 10.2. The van der Waals surface area contributed by atoms with Crippen molar-refractivity contribution in [1.82, 2.24) is 15.5 Å². The molecule has 114 valence electrons. The first kappa shape index (κ1) is 15.3. The van der Waals surface area contributed by atoms with Gasteiger partial charge in [-0.05, 0) is 24.2 Å². The van der Waals surface area contributed by atoms with Crippen LogP contribution in [0, 0.1) is 0 Å². The van der Waals surface area contributed by atoms with Gasteiger partial charge in [0.25, 0.3) is 10.0 Å². The van der Waals surface area contributed by atoms with Gasteiger partial charge in [-0.2, -0.15) is 5.10 Å². The van der Waals surface area contributed by atoms with E-state index >= 15 is 0 Å². The highest BCUT2D eigenvalue weighted by Gasteiger charge is 2.20. The lowest BCUT2D eigenvalue weighted by molar-refractivity contribution is 0.402. The Kier molecular flexibility index (Phi) is 4.81. The molecule has 0 aliphatic heterocycles. The molecule has 2 rings (SSSR count). The van der Waals surface area contributed by atoms with Gasteiger partial charge in [-0.1, -0.05) is 13.0 Å². The number of benzene rings is 1. The Morgan fingerprint density at radius 2 is 2.19 bits per heavy atom. The first-order valence-electron chi connectivity index (χ1n) is 6.46. The van der Waals surface area contributed by atoms with Crippen LogP contribution in [0.3, 0.4) is 0 Å². The minimum atomic E-state index is -3.74. The molecule has 0 saturated carbocycles. The SMILES string of the molecule is CCNCc1ccc(OC)c(S(=O)(=O)Nc2cn[nH]c2)c1. The molecule has 3 N–H and O–H groups in total. The molecule has 0 aliphatic rings. The molecule has 7 nitrogen and oxygen atoms in total. The van der Waals surface area contributed by atoms with Gasteiger partial charge in [0.05, 0.1) is 19.0 Å². The topological polar surface area (TPSA) is 96.1 Å². The van der Waals surface area contributed by atoms with Gasteiger partial charge >= 0.3 is 0 Å². The summed E-state index contributed by atoms with van der Waals surface area (Å²) in [4.78, 5) is 0.0987. The Morgan fingerprint density at radius 3 is 2.81 bits per heavy atom. The largest absolute Gasteiger partial charge is 0.495 e. The molecular weight excluding hydrogens is 292 g/mol. The average Bonchev–Trinajstić information content (AvgIpc) is 2.97. The molecule has 0 spiro atoms. The number of H-pyrrole nitrogens is 1. The van der Waals surface area contributed by atoms with Crippen LogP contribution in [0.15, 0.2) is 35.5 Å². The molecule has 0 fully saturated rings. The summed E-state index contributed by atoms with van der Waals surface area (Å²) < 4.78 is 32.5. The number of hydrogen-bond donors (Lipinski definition) is 3. The van der Waals surface area contributed by atoms with Gasteiger partial charge in [0, 0.05) is 12.7 Å². The fraction of sp³-hybridized carbons (Fsp3) is 0.308. The summed E-state index contributed by atoms with van der Waals surface area (Å²) >= 11 is 0. The van der Waals surface area contributed by atoms with Crippen molar-refractivity contribution in [3.05, 3.63) is 36.2 Å². The Morgan fingerprint density at radius 1 is 1.38 bits per heavy atom. The third kappa shape index (κ3) is 3.73. The van der Waals surface area contributed by atoms with Crippen LogP contribution in [0.2, 0.25) is 0 Å². The molecule has 21 heavy (non-hydrogen) atoms. The fourth-order valence-corrected chi connectivity index (χ4v) is 3.08. The van der Waals surface area contributed by atoms with Crippen LogP contribution in [-0.4, -0.2) is 32.3 Å². The Balaban J connectivity index is 2.35. The highest BCUT2D eigenvalue weighted by Crippen LogP contribution is 2.26. The molecule has 0 unspecified atom stereocenters. The van der Waals surface area contributed by atoms with Crippen molar-refractivity contribution in [1.29, 1.82) is 0 Å².